The molecule has 4 heterocycles. The van der Waals surface area contributed by atoms with Crippen molar-refractivity contribution in [2.45, 2.75) is 41.1 Å². The van der Waals surface area contributed by atoms with E-state index in [9.17, 15) is 4.79 Å². The molecule has 164 valence electrons. The smallest absolute Gasteiger partial charge is 0.319 e. The number of hydrogen-bond acceptors (Lipinski definition) is 4. The van der Waals surface area contributed by atoms with Crippen LogP contribution in [0.4, 0.5) is 10.5 Å². The van der Waals surface area contributed by atoms with E-state index in [4.69, 9.17) is 5.73 Å². The van der Waals surface area contributed by atoms with E-state index in [1.807, 2.05) is 53.6 Å². The lowest BCUT2D eigenvalue weighted by atomic mass is 9.76. The summed E-state index contributed by atoms with van der Waals surface area (Å²) in [5.74, 6) is 0.448. The van der Waals surface area contributed by atoms with E-state index in [1.54, 1.807) is 18.0 Å². The number of benzene rings is 2. The van der Waals surface area contributed by atoms with Gasteiger partial charge in [0.05, 0.1) is 11.7 Å². The number of fused-ring (bicyclic) bond motifs is 3. The van der Waals surface area contributed by atoms with E-state index < -0.39 is 0 Å². The molecule has 6 heteroatoms. The van der Waals surface area contributed by atoms with Crippen molar-refractivity contribution >= 4 is 23.5 Å². The number of rotatable bonds is 6. The number of urea groups is 1. The van der Waals surface area contributed by atoms with Gasteiger partial charge in [0.1, 0.15) is 0 Å². The third kappa shape index (κ3) is 4.25. The van der Waals surface area contributed by atoms with Crippen LogP contribution in [0.5, 0.6) is 0 Å². The zero-order valence-electron chi connectivity index (χ0n) is 18.0. The molecule has 0 aliphatic carbocycles. The molecule has 3 aromatic rings. The van der Waals surface area contributed by atoms with Crippen LogP contribution in [-0.4, -0.2) is 41.1 Å². The van der Waals surface area contributed by atoms with Crippen molar-refractivity contribution in [3.8, 4) is 0 Å². The number of hydrogen-bond donors (Lipinski definition) is 1. The Morgan fingerprint density at radius 2 is 1.78 bits per heavy atom. The maximum atomic E-state index is 13.0. The number of nitrogens with two attached hydrogens (primary N) is 1. The first kappa shape index (κ1) is 21.0. The van der Waals surface area contributed by atoms with E-state index in [0.717, 1.165) is 47.8 Å². The summed E-state index contributed by atoms with van der Waals surface area (Å²) in [4.78, 5) is 23.9. The van der Waals surface area contributed by atoms with Gasteiger partial charge >= 0.3 is 6.03 Å². The fourth-order valence-electron chi connectivity index (χ4n) is 5.30. The van der Waals surface area contributed by atoms with Crippen molar-refractivity contribution in [3.63, 3.8) is 0 Å². The number of carbonyl (C=O) groups is 1. The minimum atomic E-state index is -0.374. The SMILES string of the molecule is NC(=O)N(c1ccccc1Sc1ccccc1)C1C2CCN(CC2)C1Cc1cccnc1. The summed E-state index contributed by atoms with van der Waals surface area (Å²) in [5, 5.41) is 0. The van der Waals surface area contributed by atoms with Crippen LogP contribution >= 0.6 is 11.8 Å². The first-order chi connectivity index (χ1) is 15.7. The fraction of sp³-hybridized carbons (Fsp3) is 0.308. The van der Waals surface area contributed by atoms with E-state index in [-0.39, 0.29) is 18.1 Å². The third-order valence-corrected chi connectivity index (χ3v) is 7.79. The zero-order chi connectivity index (χ0) is 21.9. The van der Waals surface area contributed by atoms with Gasteiger partial charge < -0.3 is 5.73 Å². The fourth-order valence-corrected chi connectivity index (χ4v) is 6.26. The lowest BCUT2D eigenvalue weighted by molar-refractivity contribution is 0.0278. The molecule has 2 bridgehead atoms. The molecule has 2 N–H and O–H groups in total. The van der Waals surface area contributed by atoms with E-state index in [2.05, 4.69) is 34.1 Å². The summed E-state index contributed by atoms with van der Waals surface area (Å²) >= 11 is 1.68. The van der Waals surface area contributed by atoms with Crippen molar-refractivity contribution in [2.24, 2.45) is 11.7 Å². The van der Waals surface area contributed by atoms with Gasteiger partial charge in [-0.05, 0) is 74.2 Å². The highest BCUT2D eigenvalue weighted by Crippen LogP contribution is 2.42. The Balaban J connectivity index is 1.52. The molecule has 3 fully saturated rings. The minimum absolute atomic E-state index is 0.0488. The van der Waals surface area contributed by atoms with Gasteiger partial charge in [0.15, 0.2) is 0 Å². The summed E-state index contributed by atoms with van der Waals surface area (Å²) in [7, 11) is 0. The van der Waals surface area contributed by atoms with Gasteiger partial charge in [-0.3, -0.25) is 14.8 Å². The Hall–Kier alpha value is -2.83. The number of piperidine rings is 3. The van der Waals surface area contributed by atoms with Gasteiger partial charge in [-0.1, -0.05) is 48.2 Å². The van der Waals surface area contributed by atoms with E-state index in [1.165, 1.54) is 5.56 Å². The first-order valence-corrected chi connectivity index (χ1v) is 12.1. The molecular weight excluding hydrogens is 416 g/mol. The molecule has 2 unspecified atom stereocenters. The predicted octanol–water partition coefficient (Wildman–Crippen LogP) is 4.82. The second-order valence-corrected chi connectivity index (χ2v) is 9.70. The van der Waals surface area contributed by atoms with Gasteiger partial charge in [-0.25, -0.2) is 4.79 Å². The second-order valence-electron chi connectivity index (χ2n) is 8.59. The van der Waals surface area contributed by atoms with Crippen LogP contribution in [0.2, 0.25) is 0 Å². The van der Waals surface area contributed by atoms with Crippen molar-refractivity contribution < 1.29 is 4.79 Å². The van der Waals surface area contributed by atoms with E-state index in [0.29, 0.717) is 5.92 Å². The molecular formula is C26H28N4OS. The standard InChI is InChI=1S/C26H28N4OS/c27-26(31)30(22-10-4-5-11-24(22)32-21-8-2-1-3-9-21)25-20-12-15-29(16-13-20)23(25)17-19-7-6-14-28-18-19/h1-11,14,18,20,23,25H,12-13,15-17H2,(H2,27,31). The van der Waals surface area contributed by atoms with Crippen LogP contribution in [0.3, 0.4) is 0 Å². The number of pyridine rings is 1. The van der Waals surface area contributed by atoms with Crippen molar-refractivity contribution in [2.75, 3.05) is 18.0 Å². The number of nitrogens with zero attached hydrogens (tertiary/aromatic N) is 3. The molecule has 0 saturated carbocycles. The first-order valence-electron chi connectivity index (χ1n) is 11.2. The molecule has 6 rings (SSSR count). The van der Waals surface area contributed by atoms with Crippen LogP contribution < -0.4 is 10.6 Å². The van der Waals surface area contributed by atoms with Crippen molar-refractivity contribution in [3.05, 3.63) is 84.7 Å². The normalized spacial score (nSPS) is 24.2. The summed E-state index contributed by atoms with van der Waals surface area (Å²) in [5.41, 5.74) is 8.20. The van der Waals surface area contributed by atoms with Crippen LogP contribution in [0.15, 0.2) is 88.9 Å². The van der Waals surface area contributed by atoms with Crippen LogP contribution in [0.1, 0.15) is 18.4 Å². The molecule has 2 amide bonds. The maximum Gasteiger partial charge on any atom is 0.319 e. The lowest BCUT2D eigenvalue weighted by Gasteiger charge is -2.54. The molecule has 1 aromatic heterocycles. The molecule has 32 heavy (non-hydrogen) atoms. The number of carbonyl (C=O) groups excluding carboxylic acids is 1. The quantitative estimate of drug-likeness (QED) is 0.592. The Kier molecular flexibility index (Phi) is 6.14. The summed E-state index contributed by atoms with van der Waals surface area (Å²) in [6.45, 7) is 2.16. The molecule has 3 aliphatic rings. The number of anilines is 1. The van der Waals surface area contributed by atoms with Gasteiger partial charge in [-0.2, -0.15) is 0 Å². The highest BCUT2D eigenvalue weighted by molar-refractivity contribution is 7.99. The highest BCUT2D eigenvalue weighted by atomic mass is 32.2. The minimum Gasteiger partial charge on any atom is -0.351 e. The molecule has 3 aliphatic heterocycles. The Morgan fingerprint density at radius 1 is 1.03 bits per heavy atom. The zero-order valence-corrected chi connectivity index (χ0v) is 18.8. The molecule has 2 aromatic carbocycles. The number of para-hydroxylation sites is 1. The molecule has 2 atom stereocenters. The average molecular weight is 445 g/mol. The number of amides is 2. The average Bonchev–Trinajstić information content (AvgIpc) is 2.83. The molecule has 0 spiro atoms. The summed E-state index contributed by atoms with van der Waals surface area (Å²) < 4.78 is 0. The lowest BCUT2D eigenvalue weighted by Crippen LogP contribution is -2.66. The molecule has 5 nitrogen and oxygen atoms in total. The van der Waals surface area contributed by atoms with Crippen LogP contribution in [-0.2, 0) is 6.42 Å². The largest absolute Gasteiger partial charge is 0.351 e. The third-order valence-electron chi connectivity index (χ3n) is 6.72. The van der Waals surface area contributed by atoms with Gasteiger partial charge in [-0.15, -0.1) is 0 Å². The van der Waals surface area contributed by atoms with Gasteiger partial charge in [0.2, 0.25) is 0 Å². The number of aromatic nitrogens is 1. The summed E-state index contributed by atoms with van der Waals surface area (Å²) in [6.07, 6.45) is 6.82. The maximum absolute atomic E-state index is 13.0. The van der Waals surface area contributed by atoms with Gasteiger partial charge in [0.25, 0.3) is 0 Å². The monoisotopic (exact) mass is 444 g/mol. The Labute approximate surface area is 193 Å². The van der Waals surface area contributed by atoms with Crippen LogP contribution in [0, 0.1) is 5.92 Å². The topological polar surface area (TPSA) is 62.5 Å². The van der Waals surface area contributed by atoms with Crippen molar-refractivity contribution in [1.29, 1.82) is 0 Å². The summed E-state index contributed by atoms with van der Waals surface area (Å²) in [6, 6.07) is 22.4. The highest BCUT2D eigenvalue weighted by Gasteiger charge is 2.46. The van der Waals surface area contributed by atoms with Crippen LogP contribution in [0.25, 0.3) is 0 Å². The van der Waals surface area contributed by atoms with Gasteiger partial charge in [0, 0.05) is 28.2 Å². The molecule has 0 radical (unpaired) electrons. The van der Waals surface area contributed by atoms with E-state index >= 15 is 0 Å². The van der Waals surface area contributed by atoms with Crippen molar-refractivity contribution in [1.82, 2.24) is 9.88 Å². The Morgan fingerprint density at radius 3 is 2.50 bits per heavy atom. The predicted molar refractivity (Wildman–Crippen MR) is 129 cm³/mol. The molecule has 3 saturated heterocycles. The number of primary amides is 1. The Bertz CT molecular complexity index is 1050. The second kappa shape index (κ2) is 9.35.